The highest BCUT2D eigenvalue weighted by Crippen LogP contribution is 2.27. The van der Waals surface area contributed by atoms with Gasteiger partial charge in [-0.05, 0) is 63.2 Å². The zero-order chi connectivity index (χ0) is 22.2. The number of aryl methyl sites for hydroxylation is 1. The van der Waals surface area contributed by atoms with E-state index in [1.807, 2.05) is 12.3 Å². The van der Waals surface area contributed by atoms with Gasteiger partial charge in [0.1, 0.15) is 5.54 Å². The van der Waals surface area contributed by atoms with Crippen LogP contribution in [0.2, 0.25) is 0 Å². The molecule has 0 bridgehead atoms. The lowest BCUT2D eigenvalue weighted by Crippen LogP contribution is -2.40. The number of aromatic nitrogens is 1. The zero-order valence-corrected chi connectivity index (χ0v) is 18.0. The van der Waals surface area contributed by atoms with Crippen molar-refractivity contribution in [3.05, 3.63) is 65.2 Å². The second kappa shape index (κ2) is 7.84. The van der Waals surface area contributed by atoms with E-state index in [9.17, 15) is 14.4 Å². The summed E-state index contributed by atoms with van der Waals surface area (Å²) in [6, 6.07) is 13.2. The molecule has 0 spiro atoms. The van der Waals surface area contributed by atoms with Gasteiger partial charge in [0.05, 0.1) is 11.4 Å². The summed E-state index contributed by atoms with van der Waals surface area (Å²) < 4.78 is 0. The van der Waals surface area contributed by atoms with Crippen LogP contribution < -0.4 is 20.9 Å². The lowest BCUT2D eigenvalue weighted by molar-refractivity contribution is -0.121. The molecule has 158 valence electrons. The quantitative estimate of drug-likeness (QED) is 0.519. The van der Waals surface area contributed by atoms with Gasteiger partial charge in [-0.1, -0.05) is 6.07 Å². The lowest BCUT2D eigenvalue weighted by atomic mass is 10.1. The zero-order valence-electron chi connectivity index (χ0n) is 17.2. The minimum Gasteiger partial charge on any atom is -0.332 e. The molecule has 0 saturated carbocycles. The normalized spacial score (nSPS) is 15.0. The van der Waals surface area contributed by atoms with Crippen LogP contribution in [0.25, 0.3) is 0 Å². The summed E-state index contributed by atoms with van der Waals surface area (Å²) in [7, 11) is 0. The maximum absolute atomic E-state index is 12.6. The predicted molar refractivity (Wildman–Crippen MR) is 121 cm³/mol. The number of carbonyl (C=O) groups is 3. The Morgan fingerprint density at radius 3 is 2.45 bits per heavy atom. The van der Waals surface area contributed by atoms with E-state index in [0.717, 1.165) is 21.4 Å². The number of nitrogens with one attached hydrogen (secondary N) is 3. The number of anilines is 4. The van der Waals surface area contributed by atoms with Crippen LogP contribution in [-0.4, -0.2) is 28.4 Å². The van der Waals surface area contributed by atoms with Gasteiger partial charge in [-0.3, -0.25) is 9.59 Å². The first kappa shape index (κ1) is 20.5. The van der Waals surface area contributed by atoms with Crippen LogP contribution in [0.3, 0.4) is 0 Å². The van der Waals surface area contributed by atoms with Crippen molar-refractivity contribution in [2.45, 2.75) is 26.3 Å². The molecular weight excluding hydrogens is 414 g/mol. The largest absolute Gasteiger partial charge is 0.332 e. The van der Waals surface area contributed by atoms with Crippen molar-refractivity contribution >= 4 is 51.4 Å². The van der Waals surface area contributed by atoms with Crippen LogP contribution in [0.4, 0.5) is 27.0 Å². The first-order valence-corrected chi connectivity index (χ1v) is 10.5. The fraction of sp³-hybridized carbons (Fsp3) is 0.182. The van der Waals surface area contributed by atoms with Gasteiger partial charge in [-0.25, -0.2) is 14.7 Å². The van der Waals surface area contributed by atoms with Gasteiger partial charge in [0, 0.05) is 22.3 Å². The number of urea groups is 1. The minimum atomic E-state index is -0.969. The van der Waals surface area contributed by atoms with Gasteiger partial charge >= 0.3 is 6.03 Å². The number of benzene rings is 2. The van der Waals surface area contributed by atoms with E-state index < -0.39 is 11.6 Å². The smallest absolute Gasteiger partial charge is 0.329 e. The molecule has 9 heteroatoms. The van der Waals surface area contributed by atoms with Crippen LogP contribution in [0, 0.1) is 6.92 Å². The van der Waals surface area contributed by atoms with E-state index in [1.54, 1.807) is 62.4 Å². The molecule has 1 saturated heterocycles. The SMILES string of the molecule is Cc1csc(Nc2ccc(C(=O)Nc3cccc(N4C(=O)NC(C)(C)C4=O)c3)cc2)n1. The molecule has 1 fully saturated rings. The highest BCUT2D eigenvalue weighted by molar-refractivity contribution is 7.13. The fourth-order valence-corrected chi connectivity index (χ4v) is 3.86. The molecule has 2 aromatic carbocycles. The maximum Gasteiger partial charge on any atom is 0.329 e. The number of hydrogen-bond donors (Lipinski definition) is 3. The van der Waals surface area contributed by atoms with E-state index in [1.165, 1.54) is 11.3 Å². The van der Waals surface area contributed by atoms with Crippen LogP contribution in [0.15, 0.2) is 53.9 Å². The molecule has 8 nitrogen and oxygen atoms in total. The number of imide groups is 1. The molecule has 1 aromatic heterocycles. The van der Waals surface area contributed by atoms with Crippen LogP contribution in [0.1, 0.15) is 29.9 Å². The summed E-state index contributed by atoms with van der Waals surface area (Å²) in [5.41, 5.74) is 2.15. The molecule has 31 heavy (non-hydrogen) atoms. The summed E-state index contributed by atoms with van der Waals surface area (Å²) in [4.78, 5) is 42.8. The third-order valence-electron chi connectivity index (χ3n) is 4.74. The molecule has 1 aliphatic heterocycles. The topological polar surface area (TPSA) is 103 Å². The number of thiazole rings is 1. The number of rotatable bonds is 5. The monoisotopic (exact) mass is 435 g/mol. The second-order valence-corrected chi connectivity index (χ2v) is 8.55. The summed E-state index contributed by atoms with van der Waals surface area (Å²) in [5, 5.41) is 11.4. The minimum absolute atomic E-state index is 0.300. The van der Waals surface area contributed by atoms with E-state index >= 15 is 0 Å². The first-order valence-electron chi connectivity index (χ1n) is 9.60. The van der Waals surface area contributed by atoms with E-state index in [0.29, 0.717) is 16.9 Å². The fourth-order valence-electron chi connectivity index (χ4n) is 3.15. The van der Waals surface area contributed by atoms with Crippen LogP contribution in [-0.2, 0) is 4.79 Å². The van der Waals surface area contributed by atoms with Gasteiger partial charge in [0.25, 0.3) is 11.8 Å². The van der Waals surface area contributed by atoms with Crippen molar-refractivity contribution in [3.63, 3.8) is 0 Å². The average Bonchev–Trinajstić information content (AvgIpc) is 3.21. The molecule has 0 atom stereocenters. The summed E-state index contributed by atoms with van der Waals surface area (Å²) in [5.74, 6) is -0.647. The Kier molecular flexibility index (Phi) is 5.20. The standard InChI is InChI=1S/C22H21N5O3S/c1-13-12-31-20(23-13)25-15-9-7-14(8-10-15)18(28)24-16-5-4-6-17(11-16)27-19(29)22(2,3)26-21(27)30/h4-12H,1-3H3,(H,23,25)(H,24,28)(H,26,30). The third-order valence-corrected chi connectivity index (χ3v) is 5.62. The second-order valence-electron chi connectivity index (χ2n) is 7.70. The Labute approximate surface area is 183 Å². The van der Waals surface area contributed by atoms with Crippen molar-refractivity contribution in [1.82, 2.24) is 10.3 Å². The Bertz CT molecular complexity index is 1170. The number of nitrogens with zero attached hydrogens (tertiary/aromatic N) is 2. The van der Waals surface area contributed by atoms with E-state index in [4.69, 9.17) is 0 Å². The maximum atomic E-state index is 12.6. The highest BCUT2D eigenvalue weighted by atomic mass is 32.1. The summed E-state index contributed by atoms with van der Waals surface area (Å²) >= 11 is 1.51. The molecule has 0 aliphatic carbocycles. The molecule has 2 heterocycles. The predicted octanol–water partition coefficient (Wildman–Crippen LogP) is 4.28. The van der Waals surface area contributed by atoms with Crippen molar-refractivity contribution in [1.29, 1.82) is 0 Å². The molecular formula is C22H21N5O3S. The van der Waals surface area contributed by atoms with Gasteiger partial charge in [-0.2, -0.15) is 0 Å². The molecule has 0 unspecified atom stereocenters. The Morgan fingerprint density at radius 2 is 1.84 bits per heavy atom. The highest BCUT2D eigenvalue weighted by Gasteiger charge is 2.45. The van der Waals surface area contributed by atoms with E-state index in [2.05, 4.69) is 20.9 Å². The number of hydrogen-bond acceptors (Lipinski definition) is 6. The molecule has 0 radical (unpaired) electrons. The molecule has 3 aromatic rings. The van der Waals surface area contributed by atoms with Crippen LogP contribution >= 0.6 is 11.3 Å². The Balaban J connectivity index is 1.46. The van der Waals surface area contributed by atoms with Crippen molar-refractivity contribution in [2.24, 2.45) is 0 Å². The van der Waals surface area contributed by atoms with Crippen molar-refractivity contribution < 1.29 is 14.4 Å². The van der Waals surface area contributed by atoms with Crippen LogP contribution in [0.5, 0.6) is 0 Å². The van der Waals surface area contributed by atoms with Gasteiger partial charge in [0.2, 0.25) is 0 Å². The van der Waals surface area contributed by atoms with Crippen molar-refractivity contribution in [3.8, 4) is 0 Å². The molecule has 4 amide bonds. The Hall–Kier alpha value is -3.72. The van der Waals surface area contributed by atoms with Crippen molar-refractivity contribution in [2.75, 3.05) is 15.5 Å². The Morgan fingerprint density at radius 1 is 1.10 bits per heavy atom. The van der Waals surface area contributed by atoms with Gasteiger partial charge < -0.3 is 16.0 Å². The number of amides is 4. The lowest BCUT2D eigenvalue weighted by Gasteiger charge is -2.17. The summed E-state index contributed by atoms with van der Waals surface area (Å²) in [6.45, 7) is 5.22. The number of carbonyl (C=O) groups excluding carboxylic acids is 3. The first-order chi connectivity index (χ1) is 14.7. The van der Waals surface area contributed by atoms with Gasteiger partial charge in [-0.15, -0.1) is 11.3 Å². The third kappa shape index (κ3) is 4.26. The molecule has 4 rings (SSSR count). The summed E-state index contributed by atoms with van der Waals surface area (Å²) in [6.07, 6.45) is 0. The average molecular weight is 436 g/mol. The van der Waals surface area contributed by atoms with E-state index in [-0.39, 0.29) is 11.8 Å². The molecule has 3 N–H and O–H groups in total. The van der Waals surface area contributed by atoms with Gasteiger partial charge in [0.15, 0.2) is 5.13 Å². The molecule has 1 aliphatic rings.